The molecule has 0 aromatic carbocycles. The molecule has 3 unspecified atom stereocenters. The zero-order chi connectivity index (χ0) is 14.8. The van der Waals surface area contributed by atoms with Gasteiger partial charge in [0.1, 0.15) is 6.10 Å². The fraction of sp³-hybridized carbons (Fsp3) is 0.917. The summed E-state index contributed by atoms with van der Waals surface area (Å²) in [6, 6.07) is -0.772. The predicted octanol–water partition coefficient (Wildman–Crippen LogP) is 2.57. The van der Waals surface area contributed by atoms with Crippen LogP contribution in [0.15, 0.2) is 0 Å². The number of ether oxygens (including phenoxy) is 1. The summed E-state index contributed by atoms with van der Waals surface area (Å²) in [6.07, 6.45) is -5.62. The number of amides is 1. The summed E-state index contributed by atoms with van der Waals surface area (Å²) in [5.41, 5.74) is 5.22. The van der Waals surface area contributed by atoms with Gasteiger partial charge in [-0.25, -0.2) is 4.79 Å². The molecule has 0 aliphatic heterocycles. The Morgan fingerprint density at radius 3 is 2.26 bits per heavy atom. The number of halogens is 3. The zero-order valence-corrected chi connectivity index (χ0v) is 11.4. The first kappa shape index (κ1) is 16.1. The van der Waals surface area contributed by atoms with Gasteiger partial charge in [0, 0.05) is 11.6 Å². The Balaban J connectivity index is 2.48. The molecule has 1 rings (SSSR count). The molecule has 0 aromatic heterocycles. The van der Waals surface area contributed by atoms with Crippen molar-refractivity contribution in [3.8, 4) is 0 Å². The molecule has 3 N–H and O–H groups in total. The minimum Gasteiger partial charge on any atom is -0.445 e. The molecule has 112 valence electrons. The third-order valence-electron chi connectivity index (χ3n) is 3.03. The summed E-state index contributed by atoms with van der Waals surface area (Å²) in [6.45, 7) is 5.36. The van der Waals surface area contributed by atoms with E-state index in [1.165, 1.54) is 0 Å². The Kier molecular flexibility index (Phi) is 4.71. The van der Waals surface area contributed by atoms with Crippen molar-refractivity contribution in [2.24, 2.45) is 11.7 Å². The Morgan fingerprint density at radius 2 is 1.84 bits per heavy atom. The normalized spacial score (nSPS) is 28.9. The highest BCUT2D eigenvalue weighted by Gasteiger charge is 2.45. The zero-order valence-electron chi connectivity index (χ0n) is 11.4. The molecule has 1 amide bonds. The van der Waals surface area contributed by atoms with Crippen molar-refractivity contribution in [2.75, 3.05) is 0 Å². The van der Waals surface area contributed by atoms with Crippen molar-refractivity contribution in [3.63, 3.8) is 0 Å². The van der Waals surface area contributed by atoms with Gasteiger partial charge >= 0.3 is 12.3 Å². The number of hydrogen-bond donors (Lipinski definition) is 2. The van der Waals surface area contributed by atoms with Gasteiger partial charge in [0.25, 0.3) is 0 Å². The summed E-state index contributed by atoms with van der Waals surface area (Å²) < 4.78 is 42.8. The Hall–Kier alpha value is -0.980. The van der Waals surface area contributed by atoms with E-state index in [1.54, 1.807) is 20.8 Å². The SMILES string of the molecule is CC(C)(C)NC(=O)OC1CCC(C(F)(F)F)CC1N. The average Bonchev–Trinajstić information content (AvgIpc) is 2.16. The third kappa shape index (κ3) is 5.26. The van der Waals surface area contributed by atoms with Gasteiger partial charge in [0.15, 0.2) is 0 Å². The first-order valence-electron chi connectivity index (χ1n) is 6.30. The van der Waals surface area contributed by atoms with Crippen molar-refractivity contribution < 1.29 is 22.7 Å². The maximum Gasteiger partial charge on any atom is 0.407 e. The molecule has 0 bridgehead atoms. The van der Waals surface area contributed by atoms with Gasteiger partial charge in [0.2, 0.25) is 0 Å². The first-order chi connectivity index (χ1) is 8.49. The summed E-state index contributed by atoms with van der Waals surface area (Å²) in [5.74, 6) is -1.40. The van der Waals surface area contributed by atoms with Crippen molar-refractivity contribution in [2.45, 2.75) is 63.9 Å². The molecular formula is C12H21F3N2O2. The number of nitrogens with one attached hydrogen (secondary N) is 1. The molecule has 4 nitrogen and oxygen atoms in total. The average molecular weight is 282 g/mol. The van der Waals surface area contributed by atoms with Crippen LogP contribution in [0.1, 0.15) is 40.0 Å². The van der Waals surface area contributed by atoms with Crippen molar-refractivity contribution in [1.82, 2.24) is 5.32 Å². The Morgan fingerprint density at radius 1 is 1.26 bits per heavy atom. The Labute approximate surface area is 110 Å². The minimum absolute atomic E-state index is 0.0509. The quantitative estimate of drug-likeness (QED) is 0.777. The highest BCUT2D eigenvalue weighted by Crippen LogP contribution is 2.37. The van der Waals surface area contributed by atoms with Crippen LogP contribution in [0.4, 0.5) is 18.0 Å². The van der Waals surface area contributed by atoms with E-state index in [-0.39, 0.29) is 19.3 Å². The van der Waals surface area contributed by atoms with Crippen molar-refractivity contribution in [1.29, 1.82) is 0 Å². The number of alkyl halides is 3. The minimum atomic E-state index is -4.23. The molecule has 0 radical (unpaired) electrons. The molecule has 19 heavy (non-hydrogen) atoms. The van der Waals surface area contributed by atoms with E-state index < -0.39 is 35.9 Å². The van der Waals surface area contributed by atoms with E-state index in [0.717, 1.165) is 0 Å². The van der Waals surface area contributed by atoms with Crippen molar-refractivity contribution in [3.05, 3.63) is 0 Å². The lowest BCUT2D eigenvalue weighted by molar-refractivity contribution is -0.187. The molecule has 7 heteroatoms. The van der Waals surface area contributed by atoms with Gasteiger partial charge in [-0.2, -0.15) is 13.2 Å². The monoisotopic (exact) mass is 282 g/mol. The van der Waals surface area contributed by atoms with Gasteiger partial charge < -0.3 is 15.8 Å². The molecule has 3 atom stereocenters. The molecule has 1 fully saturated rings. The van der Waals surface area contributed by atoms with Crippen LogP contribution in [0.2, 0.25) is 0 Å². The molecular weight excluding hydrogens is 261 g/mol. The van der Waals surface area contributed by atoms with Crippen LogP contribution in [0.3, 0.4) is 0 Å². The first-order valence-corrected chi connectivity index (χ1v) is 6.30. The smallest absolute Gasteiger partial charge is 0.407 e. The van der Waals surface area contributed by atoms with E-state index in [9.17, 15) is 18.0 Å². The van der Waals surface area contributed by atoms with Gasteiger partial charge in [-0.15, -0.1) is 0 Å². The Bertz CT molecular complexity index is 326. The summed E-state index contributed by atoms with van der Waals surface area (Å²) in [4.78, 5) is 11.5. The summed E-state index contributed by atoms with van der Waals surface area (Å²) in [7, 11) is 0. The molecule has 1 aliphatic carbocycles. The van der Waals surface area contributed by atoms with E-state index in [2.05, 4.69) is 5.32 Å². The molecule has 1 saturated carbocycles. The maximum atomic E-state index is 12.6. The number of hydrogen-bond acceptors (Lipinski definition) is 3. The second kappa shape index (κ2) is 5.56. The lowest BCUT2D eigenvalue weighted by Crippen LogP contribution is -2.49. The van der Waals surface area contributed by atoms with Crippen LogP contribution in [-0.4, -0.2) is 30.0 Å². The van der Waals surface area contributed by atoms with Crippen LogP contribution in [-0.2, 0) is 4.74 Å². The molecule has 0 heterocycles. The van der Waals surface area contributed by atoms with Gasteiger partial charge in [-0.3, -0.25) is 0 Å². The number of carbonyl (C=O) groups excluding carboxylic acids is 1. The number of alkyl carbamates (subject to hydrolysis) is 1. The van der Waals surface area contributed by atoms with Crippen LogP contribution >= 0.6 is 0 Å². The summed E-state index contributed by atoms with van der Waals surface area (Å²) in [5, 5.41) is 2.59. The van der Waals surface area contributed by atoms with E-state index in [4.69, 9.17) is 10.5 Å². The fourth-order valence-corrected chi connectivity index (χ4v) is 2.09. The van der Waals surface area contributed by atoms with Gasteiger partial charge in [0.05, 0.1) is 5.92 Å². The summed E-state index contributed by atoms with van der Waals surface area (Å²) >= 11 is 0. The van der Waals surface area contributed by atoms with Gasteiger partial charge in [-0.05, 0) is 40.0 Å². The highest BCUT2D eigenvalue weighted by atomic mass is 19.4. The van der Waals surface area contributed by atoms with Crippen LogP contribution in [0.5, 0.6) is 0 Å². The van der Waals surface area contributed by atoms with E-state index in [0.29, 0.717) is 0 Å². The van der Waals surface area contributed by atoms with E-state index >= 15 is 0 Å². The molecule has 0 spiro atoms. The van der Waals surface area contributed by atoms with Crippen LogP contribution in [0.25, 0.3) is 0 Å². The number of nitrogens with two attached hydrogens (primary N) is 1. The third-order valence-corrected chi connectivity index (χ3v) is 3.03. The maximum absolute atomic E-state index is 12.6. The van der Waals surface area contributed by atoms with Crippen LogP contribution in [0, 0.1) is 5.92 Å². The van der Waals surface area contributed by atoms with Crippen LogP contribution < -0.4 is 11.1 Å². The van der Waals surface area contributed by atoms with Crippen molar-refractivity contribution >= 4 is 6.09 Å². The lowest BCUT2D eigenvalue weighted by Gasteiger charge is -2.34. The second-order valence-corrected chi connectivity index (χ2v) is 6.03. The molecule has 0 aromatic rings. The van der Waals surface area contributed by atoms with Gasteiger partial charge in [-0.1, -0.05) is 0 Å². The second-order valence-electron chi connectivity index (χ2n) is 6.03. The topological polar surface area (TPSA) is 64.3 Å². The fourth-order valence-electron chi connectivity index (χ4n) is 2.09. The lowest BCUT2D eigenvalue weighted by atomic mass is 9.84. The molecule has 1 aliphatic rings. The van der Waals surface area contributed by atoms with E-state index in [1.807, 2.05) is 0 Å². The predicted molar refractivity (Wildman–Crippen MR) is 64.5 cm³/mol. The largest absolute Gasteiger partial charge is 0.445 e. The standard InChI is InChI=1S/C12H21F3N2O2/c1-11(2,3)17-10(18)19-9-5-4-7(6-8(9)16)12(13,14)15/h7-9H,4-6,16H2,1-3H3,(H,17,18). The highest BCUT2D eigenvalue weighted by molar-refractivity contribution is 5.68. The number of carbonyl (C=O) groups is 1. The molecule has 0 saturated heterocycles. The number of rotatable bonds is 1.